The summed E-state index contributed by atoms with van der Waals surface area (Å²) >= 11 is 0. The van der Waals surface area contributed by atoms with Crippen molar-refractivity contribution in [1.82, 2.24) is 4.98 Å². The quantitative estimate of drug-likeness (QED) is 0.871. The molecule has 1 aliphatic rings. The van der Waals surface area contributed by atoms with Crippen LogP contribution in [0, 0.1) is 11.3 Å². The molecule has 3 rings (SSSR count). The molecule has 112 valence electrons. The Morgan fingerprint density at radius 2 is 1.95 bits per heavy atom. The summed E-state index contributed by atoms with van der Waals surface area (Å²) in [5.41, 5.74) is 9.38. The predicted octanol–water partition coefficient (Wildman–Crippen LogP) is 4.84. The standard InChI is InChI=1S/C19H26N2/c1-14(2)13-19(9-3-4-10-19)18(20)16-7-8-17-15(12-16)6-5-11-21-17/h5-8,11-12,14,18H,3-4,9-10,13,20H2,1-2H3. The molecule has 0 bridgehead atoms. The summed E-state index contributed by atoms with van der Waals surface area (Å²) in [4.78, 5) is 4.40. The van der Waals surface area contributed by atoms with Gasteiger partial charge in [-0.15, -0.1) is 0 Å². The van der Waals surface area contributed by atoms with Gasteiger partial charge in [-0.3, -0.25) is 4.98 Å². The summed E-state index contributed by atoms with van der Waals surface area (Å²) in [6.07, 6.45) is 8.29. The van der Waals surface area contributed by atoms with E-state index in [1.807, 2.05) is 12.3 Å². The zero-order valence-corrected chi connectivity index (χ0v) is 13.2. The molecule has 0 aliphatic heterocycles. The molecule has 2 N–H and O–H groups in total. The highest BCUT2D eigenvalue weighted by Crippen LogP contribution is 2.50. The van der Waals surface area contributed by atoms with Gasteiger partial charge < -0.3 is 5.73 Å². The second-order valence-corrected chi connectivity index (χ2v) is 7.10. The minimum Gasteiger partial charge on any atom is -0.323 e. The zero-order chi connectivity index (χ0) is 14.9. The number of nitrogens with zero attached hydrogens (tertiary/aromatic N) is 1. The van der Waals surface area contributed by atoms with E-state index in [1.54, 1.807) is 0 Å². The average molecular weight is 282 g/mol. The van der Waals surface area contributed by atoms with Crippen LogP contribution < -0.4 is 5.73 Å². The Labute approximate surface area is 127 Å². The Morgan fingerprint density at radius 3 is 2.67 bits per heavy atom. The van der Waals surface area contributed by atoms with Crippen LogP contribution in [0.25, 0.3) is 10.9 Å². The van der Waals surface area contributed by atoms with Gasteiger partial charge in [0.25, 0.3) is 0 Å². The maximum Gasteiger partial charge on any atom is 0.0702 e. The maximum absolute atomic E-state index is 6.75. The van der Waals surface area contributed by atoms with Crippen molar-refractivity contribution in [1.29, 1.82) is 0 Å². The Hall–Kier alpha value is -1.41. The largest absolute Gasteiger partial charge is 0.323 e. The van der Waals surface area contributed by atoms with Crippen LogP contribution in [0.15, 0.2) is 36.5 Å². The highest BCUT2D eigenvalue weighted by Gasteiger charge is 2.40. The fraction of sp³-hybridized carbons (Fsp3) is 0.526. The van der Waals surface area contributed by atoms with Crippen molar-refractivity contribution >= 4 is 10.9 Å². The topological polar surface area (TPSA) is 38.9 Å². The number of aromatic nitrogens is 1. The first kappa shape index (κ1) is 14.5. The maximum atomic E-state index is 6.75. The number of nitrogens with two attached hydrogens (primary N) is 1. The fourth-order valence-corrected chi connectivity index (χ4v) is 4.18. The van der Waals surface area contributed by atoms with Crippen molar-refractivity contribution in [2.45, 2.75) is 52.0 Å². The van der Waals surface area contributed by atoms with Crippen LogP contribution in [0.2, 0.25) is 0 Å². The van der Waals surface area contributed by atoms with Crippen LogP contribution in [-0.2, 0) is 0 Å². The molecule has 1 aliphatic carbocycles. The van der Waals surface area contributed by atoms with Crippen molar-refractivity contribution < 1.29 is 0 Å². The summed E-state index contributed by atoms with van der Waals surface area (Å²) in [5, 5.41) is 1.20. The van der Waals surface area contributed by atoms with Crippen LogP contribution in [0.3, 0.4) is 0 Å². The molecule has 2 nitrogen and oxygen atoms in total. The minimum absolute atomic E-state index is 0.145. The third-order valence-electron chi connectivity index (χ3n) is 5.06. The van der Waals surface area contributed by atoms with E-state index < -0.39 is 0 Å². The second-order valence-electron chi connectivity index (χ2n) is 7.10. The van der Waals surface area contributed by atoms with E-state index in [4.69, 9.17) is 5.73 Å². The van der Waals surface area contributed by atoms with Gasteiger partial charge in [0.2, 0.25) is 0 Å². The van der Waals surface area contributed by atoms with Crippen molar-refractivity contribution in [3.63, 3.8) is 0 Å². The Balaban J connectivity index is 1.95. The highest BCUT2D eigenvalue weighted by atomic mass is 14.7. The fourth-order valence-electron chi connectivity index (χ4n) is 4.18. The number of hydrogen-bond donors (Lipinski definition) is 1. The lowest BCUT2D eigenvalue weighted by molar-refractivity contribution is 0.183. The average Bonchev–Trinajstić information content (AvgIpc) is 2.95. The van der Waals surface area contributed by atoms with Crippen molar-refractivity contribution in [3.05, 3.63) is 42.1 Å². The smallest absolute Gasteiger partial charge is 0.0702 e. The first-order valence-corrected chi connectivity index (χ1v) is 8.21. The molecular weight excluding hydrogens is 256 g/mol. The molecule has 1 heterocycles. The zero-order valence-electron chi connectivity index (χ0n) is 13.2. The third kappa shape index (κ3) is 2.82. The third-order valence-corrected chi connectivity index (χ3v) is 5.06. The van der Waals surface area contributed by atoms with Crippen molar-refractivity contribution in [3.8, 4) is 0 Å². The number of pyridine rings is 1. The van der Waals surface area contributed by atoms with Crippen molar-refractivity contribution in [2.24, 2.45) is 17.1 Å². The van der Waals surface area contributed by atoms with Gasteiger partial charge in [0.15, 0.2) is 0 Å². The molecule has 1 fully saturated rings. The molecule has 21 heavy (non-hydrogen) atoms. The van der Waals surface area contributed by atoms with E-state index in [0.717, 1.165) is 5.52 Å². The second kappa shape index (κ2) is 5.76. The van der Waals surface area contributed by atoms with Crippen LogP contribution in [0.1, 0.15) is 57.6 Å². The summed E-state index contributed by atoms with van der Waals surface area (Å²) in [7, 11) is 0. The monoisotopic (exact) mass is 282 g/mol. The van der Waals surface area contributed by atoms with E-state index in [9.17, 15) is 0 Å². The van der Waals surface area contributed by atoms with Crippen LogP contribution in [0.5, 0.6) is 0 Å². The highest BCUT2D eigenvalue weighted by molar-refractivity contribution is 5.79. The Morgan fingerprint density at radius 1 is 1.19 bits per heavy atom. The number of benzene rings is 1. The van der Waals surface area contributed by atoms with Crippen molar-refractivity contribution in [2.75, 3.05) is 0 Å². The SMILES string of the molecule is CC(C)CC1(C(N)c2ccc3ncccc3c2)CCCC1. The van der Waals surface area contributed by atoms with E-state index in [0.29, 0.717) is 11.3 Å². The molecule has 2 heteroatoms. The number of fused-ring (bicyclic) bond motifs is 1. The van der Waals surface area contributed by atoms with Gasteiger partial charge in [-0.1, -0.05) is 38.8 Å². The van der Waals surface area contributed by atoms with E-state index in [-0.39, 0.29) is 6.04 Å². The van der Waals surface area contributed by atoms with E-state index in [1.165, 1.54) is 43.1 Å². The molecule has 0 amide bonds. The van der Waals surface area contributed by atoms with Gasteiger partial charge in [-0.2, -0.15) is 0 Å². The molecule has 0 radical (unpaired) electrons. The molecule has 1 aromatic heterocycles. The van der Waals surface area contributed by atoms with Crippen LogP contribution in [0.4, 0.5) is 0 Å². The van der Waals surface area contributed by atoms with Gasteiger partial charge in [-0.05, 0) is 54.4 Å². The summed E-state index contributed by atoms with van der Waals surface area (Å²) < 4.78 is 0. The first-order chi connectivity index (χ1) is 10.1. The van der Waals surface area contributed by atoms with E-state index >= 15 is 0 Å². The number of hydrogen-bond acceptors (Lipinski definition) is 2. The molecule has 1 saturated carbocycles. The molecule has 0 spiro atoms. The van der Waals surface area contributed by atoms with Crippen LogP contribution >= 0.6 is 0 Å². The Bertz CT molecular complexity index is 612. The molecule has 0 saturated heterocycles. The predicted molar refractivity (Wildman–Crippen MR) is 89.0 cm³/mol. The normalized spacial score (nSPS) is 19.2. The summed E-state index contributed by atoms with van der Waals surface area (Å²) in [5.74, 6) is 0.705. The Kier molecular flexibility index (Phi) is 3.99. The first-order valence-electron chi connectivity index (χ1n) is 8.21. The lowest BCUT2D eigenvalue weighted by atomic mass is 9.70. The molecule has 2 aromatic rings. The molecule has 1 atom stereocenters. The van der Waals surface area contributed by atoms with Gasteiger partial charge in [0.1, 0.15) is 0 Å². The summed E-state index contributed by atoms with van der Waals surface area (Å²) in [6, 6.07) is 10.8. The molecular formula is C19H26N2. The lowest BCUT2D eigenvalue weighted by Gasteiger charge is -2.37. The van der Waals surface area contributed by atoms with Crippen LogP contribution in [-0.4, -0.2) is 4.98 Å². The van der Waals surface area contributed by atoms with Gasteiger partial charge in [0.05, 0.1) is 5.52 Å². The minimum atomic E-state index is 0.145. The summed E-state index contributed by atoms with van der Waals surface area (Å²) in [6.45, 7) is 4.63. The number of rotatable bonds is 4. The molecule has 1 aromatic carbocycles. The van der Waals surface area contributed by atoms with Gasteiger partial charge in [0, 0.05) is 17.6 Å². The lowest BCUT2D eigenvalue weighted by Crippen LogP contribution is -2.33. The van der Waals surface area contributed by atoms with Gasteiger partial charge >= 0.3 is 0 Å². The van der Waals surface area contributed by atoms with Gasteiger partial charge in [-0.25, -0.2) is 0 Å². The molecule has 1 unspecified atom stereocenters. The van der Waals surface area contributed by atoms with E-state index in [2.05, 4.69) is 43.1 Å².